The Kier molecular flexibility index (Phi) is 4.23. The summed E-state index contributed by atoms with van der Waals surface area (Å²) in [5.41, 5.74) is 0. The van der Waals surface area contributed by atoms with Crippen molar-refractivity contribution in [2.75, 3.05) is 5.75 Å². The highest BCUT2D eigenvalue weighted by molar-refractivity contribution is 7.93. The zero-order valence-electron chi connectivity index (χ0n) is 6.38. The fourth-order valence-corrected chi connectivity index (χ4v) is 2.13. The van der Waals surface area contributed by atoms with Crippen LogP contribution in [-0.4, -0.2) is 10.3 Å². The molecule has 0 aromatic carbocycles. The smallest absolute Gasteiger partial charge is 0.0198 e. The SMILES string of the molecule is OSCCC1CCCCC1. The van der Waals surface area contributed by atoms with Gasteiger partial charge in [0.05, 0.1) is 0 Å². The van der Waals surface area contributed by atoms with E-state index < -0.39 is 0 Å². The minimum absolute atomic E-state index is 0.924. The van der Waals surface area contributed by atoms with Crippen molar-refractivity contribution in [1.29, 1.82) is 0 Å². The Balaban J connectivity index is 2.02. The molecule has 1 rings (SSSR count). The lowest BCUT2D eigenvalue weighted by molar-refractivity contribution is 0.351. The first kappa shape index (κ1) is 8.41. The lowest BCUT2D eigenvalue weighted by Crippen LogP contribution is -2.06. The zero-order chi connectivity index (χ0) is 7.23. The van der Waals surface area contributed by atoms with Gasteiger partial charge in [0.15, 0.2) is 0 Å². The fraction of sp³-hybridized carbons (Fsp3) is 1.00. The molecule has 1 saturated carbocycles. The minimum atomic E-state index is 0.924. The standard InChI is InChI=1S/C8H16OS/c9-10-7-6-8-4-2-1-3-5-8/h8-9H,1-7H2. The molecule has 10 heavy (non-hydrogen) atoms. The van der Waals surface area contributed by atoms with Crippen LogP contribution in [0.3, 0.4) is 0 Å². The molecule has 0 aliphatic heterocycles. The summed E-state index contributed by atoms with van der Waals surface area (Å²) in [6.45, 7) is 0. The van der Waals surface area contributed by atoms with Gasteiger partial charge in [-0.05, 0) is 24.4 Å². The molecule has 0 bridgehead atoms. The highest BCUT2D eigenvalue weighted by atomic mass is 32.2. The molecule has 1 aliphatic carbocycles. The van der Waals surface area contributed by atoms with Crippen LogP contribution in [0.5, 0.6) is 0 Å². The van der Waals surface area contributed by atoms with E-state index in [9.17, 15) is 0 Å². The lowest BCUT2D eigenvalue weighted by atomic mass is 9.88. The van der Waals surface area contributed by atoms with Gasteiger partial charge in [-0.2, -0.15) is 0 Å². The van der Waals surface area contributed by atoms with E-state index >= 15 is 0 Å². The molecule has 0 aromatic rings. The average Bonchev–Trinajstić information content (AvgIpc) is 2.03. The molecule has 0 amide bonds. The van der Waals surface area contributed by atoms with Gasteiger partial charge in [-0.25, -0.2) is 0 Å². The number of rotatable bonds is 3. The summed E-state index contributed by atoms with van der Waals surface area (Å²) >= 11 is 0.995. The molecule has 0 spiro atoms. The third kappa shape index (κ3) is 2.93. The van der Waals surface area contributed by atoms with Crippen molar-refractivity contribution in [3.05, 3.63) is 0 Å². The van der Waals surface area contributed by atoms with Gasteiger partial charge in [0.2, 0.25) is 0 Å². The van der Waals surface area contributed by atoms with Crippen LogP contribution in [0.1, 0.15) is 38.5 Å². The van der Waals surface area contributed by atoms with Crippen LogP contribution in [0, 0.1) is 5.92 Å². The Bertz CT molecular complexity index is 79.3. The summed E-state index contributed by atoms with van der Waals surface area (Å²) in [5, 5.41) is 0. The normalized spacial score (nSPS) is 21.3. The van der Waals surface area contributed by atoms with Gasteiger partial charge >= 0.3 is 0 Å². The number of hydrogen-bond acceptors (Lipinski definition) is 2. The van der Waals surface area contributed by atoms with Gasteiger partial charge in [-0.3, -0.25) is 0 Å². The van der Waals surface area contributed by atoms with Crippen molar-refractivity contribution in [2.45, 2.75) is 38.5 Å². The molecule has 1 fully saturated rings. The molecule has 1 nitrogen and oxygen atoms in total. The van der Waals surface area contributed by atoms with Crippen LogP contribution in [0.2, 0.25) is 0 Å². The molecule has 2 heteroatoms. The van der Waals surface area contributed by atoms with E-state index in [4.69, 9.17) is 4.55 Å². The highest BCUT2D eigenvalue weighted by Gasteiger charge is 2.12. The maximum Gasteiger partial charge on any atom is 0.0198 e. The van der Waals surface area contributed by atoms with Gasteiger partial charge in [-0.1, -0.05) is 32.1 Å². The molecule has 1 N–H and O–H groups in total. The Labute approximate surface area is 67.4 Å². The molecule has 0 aromatic heterocycles. The van der Waals surface area contributed by atoms with Crippen molar-refractivity contribution in [2.24, 2.45) is 5.92 Å². The van der Waals surface area contributed by atoms with E-state index in [1.54, 1.807) is 0 Å². The third-order valence-electron chi connectivity index (χ3n) is 2.34. The summed E-state index contributed by atoms with van der Waals surface area (Å²) in [4.78, 5) is 0. The summed E-state index contributed by atoms with van der Waals surface area (Å²) in [7, 11) is 0. The van der Waals surface area contributed by atoms with Crippen LogP contribution < -0.4 is 0 Å². The van der Waals surface area contributed by atoms with Gasteiger partial charge in [0.25, 0.3) is 0 Å². The van der Waals surface area contributed by atoms with Crippen molar-refractivity contribution in [1.82, 2.24) is 0 Å². The average molecular weight is 160 g/mol. The Morgan fingerprint density at radius 3 is 2.50 bits per heavy atom. The molecule has 0 heterocycles. The molecule has 0 atom stereocenters. The molecular weight excluding hydrogens is 144 g/mol. The number of hydrogen-bond donors (Lipinski definition) is 1. The van der Waals surface area contributed by atoms with Gasteiger partial charge in [-0.15, -0.1) is 0 Å². The van der Waals surface area contributed by atoms with E-state index in [0.717, 1.165) is 23.7 Å². The van der Waals surface area contributed by atoms with Crippen LogP contribution >= 0.6 is 12.0 Å². The molecule has 0 saturated heterocycles. The van der Waals surface area contributed by atoms with E-state index in [1.807, 2.05) is 0 Å². The second kappa shape index (κ2) is 5.03. The van der Waals surface area contributed by atoms with Gasteiger partial charge < -0.3 is 4.55 Å². The van der Waals surface area contributed by atoms with Crippen molar-refractivity contribution < 1.29 is 4.55 Å². The predicted octanol–water partition coefficient (Wildman–Crippen LogP) is 3.16. The summed E-state index contributed by atoms with van der Waals surface area (Å²) in [6, 6.07) is 0. The molecule has 0 unspecified atom stereocenters. The molecule has 60 valence electrons. The Morgan fingerprint density at radius 2 is 1.90 bits per heavy atom. The fourth-order valence-electron chi connectivity index (χ4n) is 1.70. The van der Waals surface area contributed by atoms with Crippen LogP contribution in [0.4, 0.5) is 0 Å². The topological polar surface area (TPSA) is 20.2 Å². The van der Waals surface area contributed by atoms with E-state index in [-0.39, 0.29) is 0 Å². The molecule has 1 aliphatic rings. The maximum absolute atomic E-state index is 8.51. The predicted molar refractivity (Wildman–Crippen MR) is 46.3 cm³/mol. The monoisotopic (exact) mass is 160 g/mol. The molecule has 0 radical (unpaired) electrons. The van der Waals surface area contributed by atoms with Gasteiger partial charge in [0, 0.05) is 5.75 Å². The Morgan fingerprint density at radius 1 is 1.20 bits per heavy atom. The second-order valence-electron chi connectivity index (χ2n) is 3.13. The van der Waals surface area contributed by atoms with E-state index in [1.165, 1.54) is 38.5 Å². The largest absolute Gasteiger partial charge is 0.330 e. The van der Waals surface area contributed by atoms with Crippen LogP contribution in [0.25, 0.3) is 0 Å². The Hall–Kier alpha value is 0.310. The first-order valence-electron chi connectivity index (χ1n) is 4.20. The van der Waals surface area contributed by atoms with Crippen molar-refractivity contribution in [3.63, 3.8) is 0 Å². The second-order valence-corrected chi connectivity index (χ2v) is 3.79. The zero-order valence-corrected chi connectivity index (χ0v) is 7.20. The summed E-state index contributed by atoms with van der Waals surface area (Å²) in [6.07, 6.45) is 8.30. The van der Waals surface area contributed by atoms with E-state index in [0.29, 0.717) is 0 Å². The maximum atomic E-state index is 8.51. The lowest BCUT2D eigenvalue weighted by Gasteiger charge is -2.20. The first-order valence-corrected chi connectivity index (χ1v) is 5.14. The third-order valence-corrected chi connectivity index (χ3v) is 2.76. The summed E-state index contributed by atoms with van der Waals surface area (Å²) < 4.78 is 8.51. The van der Waals surface area contributed by atoms with Gasteiger partial charge in [0.1, 0.15) is 0 Å². The first-order chi connectivity index (χ1) is 4.93. The van der Waals surface area contributed by atoms with Crippen molar-refractivity contribution >= 4 is 12.0 Å². The quantitative estimate of drug-likeness (QED) is 0.640. The molecular formula is C8H16OS. The highest BCUT2D eigenvalue weighted by Crippen LogP contribution is 2.26. The van der Waals surface area contributed by atoms with E-state index in [2.05, 4.69) is 0 Å². The van der Waals surface area contributed by atoms with Crippen molar-refractivity contribution in [3.8, 4) is 0 Å². The van der Waals surface area contributed by atoms with Crippen LogP contribution in [-0.2, 0) is 0 Å². The van der Waals surface area contributed by atoms with Crippen LogP contribution in [0.15, 0.2) is 0 Å². The summed E-state index contributed by atoms with van der Waals surface area (Å²) in [5.74, 6) is 1.86. The minimum Gasteiger partial charge on any atom is -0.330 e.